The summed E-state index contributed by atoms with van der Waals surface area (Å²) < 4.78 is 5.13. The molecule has 2 heterocycles. The van der Waals surface area contributed by atoms with Gasteiger partial charge in [-0.3, -0.25) is 9.59 Å². The number of fused-ring (bicyclic) bond motifs is 1. The SMILES string of the molecule is CCC1=CC2=NC3=C(C(=O)CO3)C(=O)C2C=C1. The molecule has 4 heteroatoms. The third-order valence-corrected chi connectivity index (χ3v) is 3.16. The van der Waals surface area contributed by atoms with E-state index in [0.717, 1.165) is 12.0 Å². The number of nitrogens with zero attached hydrogens (tertiary/aromatic N) is 1. The molecule has 4 nitrogen and oxygen atoms in total. The number of rotatable bonds is 1. The highest BCUT2D eigenvalue weighted by molar-refractivity contribution is 6.31. The van der Waals surface area contributed by atoms with Crippen molar-refractivity contribution in [3.05, 3.63) is 35.3 Å². The maximum Gasteiger partial charge on any atom is 0.228 e. The van der Waals surface area contributed by atoms with Gasteiger partial charge in [-0.1, -0.05) is 19.1 Å². The Balaban J connectivity index is 2.09. The first-order valence-electron chi connectivity index (χ1n) is 5.62. The van der Waals surface area contributed by atoms with Crippen LogP contribution >= 0.6 is 0 Å². The molecule has 0 fully saturated rings. The van der Waals surface area contributed by atoms with Gasteiger partial charge < -0.3 is 4.74 Å². The summed E-state index contributed by atoms with van der Waals surface area (Å²) >= 11 is 0. The van der Waals surface area contributed by atoms with Crippen molar-refractivity contribution in [3.63, 3.8) is 0 Å². The smallest absolute Gasteiger partial charge is 0.228 e. The minimum atomic E-state index is -0.408. The number of hydrogen-bond donors (Lipinski definition) is 0. The molecule has 0 aromatic carbocycles. The number of carbonyl (C=O) groups is 2. The number of allylic oxidation sites excluding steroid dienone is 4. The molecule has 0 spiro atoms. The fourth-order valence-electron chi connectivity index (χ4n) is 2.19. The molecule has 1 atom stereocenters. The molecule has 3 aliphatic rings. The second-order valence-electron chi connectivity index (χ2n) is 4.20. The summed E-state index contributed by atoms with van der Waals surface area (Å²) in [5.41, 5.74) is 1.95. The third-order valence-electron chi connectivity index (χ3n) is 3.16. The number of hydrogen-bond acceptors (Lipinski definition) is 4. The number of Topliss-reactive ketones (excluding diaryl/α,β-unsaturated/α-hetero) is 2. The molecule has 2 aliphatic heterocycles. The zero-order valence-corrected chi connectivity index (χ0v) is 9.40. The lowest BCUT2D eigenvalue weighted by Gasteiger charge is -2.20. The van der Waals surface area contributed by atoms with E-state index in [4.69, 9.17) is 4.74 Å². The zero-order valence-electron chi connectivity index (χ0n) is 9.40. The van der Waals surface area contributed by atoms with Gasteiger partial charge in [0.05, 0.1) is 11.6 Å². The first-order chi connectivity index (χ1) is 8.20. The van der Waals surface area contributed by atoms with Gasteiger partial charge in [0.15, 0.2) is 12.4 Å². The van der Waals surface area contributed by atoms with Crippen LogP contribution in [-0.4, -0.2) is 23.9 Å². The average molecular weight is 229 g/mol. The molecular weight excluding hydrogens is 218 g/mol. The van der Waals surface area contributed by atoms with E-state index < -0.39 is 5.92 Å². The van der Waals surface area contributed by atoms with Crippen LogP contribution in [0.1, 0.15) is 13.3 Å². The van der Waals surface area contributed by atoms with Gasteiger partial charge in [-0.2, -0.15) is 0 Å². The lowest BCUT2D eigenvalue weighted by Crippen LogP contribution is -2.30. The molecular formula is C13H11NO3. The molecule has 86 valence electrons. The Labute approximate surface area is 98.4 Å². The van der Waals surface area contributed by atoms with Crippen molar-refractivity contribution < 1.29 is 14.3 Å². The van der Waals surface area contributed by atoms with Crippen molar-refractivity contribution in [1.82, 2.24) is 0 Å². The first-order valence-corrected chi connectivity index (χ1v) is 5.62. The van der Waals surface area contributed by atoms with Crippen LogP contribution in [0.5, 0.6) is 0 Å². The van der Waals surface area contributed by atoms with Crippen molar-refractivity contribution in [1.29, 1.82) is 0 Å². The summed E-state index contributed by atoms with van der Waals surface area (Å²) in [6.45, 7) is 1.98. The highest BCUT2D eigenvalue weighted by atomic mass is 16.5. The minimum Gasteiger partial charge on any atom is -0.469 e. The van der Waals surface area contributed by atoms with Gasteiger partial charge in [0.25, 0.3) is 0 Å². The van der Waals surface area contributed by atoms with Crippen LogP contribution in [0.3, 0.4) is 0 Å². The quantitative estimate of drug-likeness (QED) is 0.637. The zero-order chi connectivity index (χ0) is 12.0. The van der Waals surface area contributed by atoms with Crippen LogP contribution in [0, 0.1) is 5.92 Å². The number of carbonyl (C=O) groups excluding carboxylic acids is 2. The van der Waals surface area contributed by atoms with Gasteiger partial charge in [-0.15, -0.1) is 0 Å². The predicted octanol–water partition coefficient (Wildman–Crippen LogP) is 1.34. The van der Waals surface area contributed by atoms with Gasteiger partial charge in [0, 0.05) is 0 Å². The summed E-state index contributed by atoms with van der Waals surface area (Å²) in [6.07, 6.45) is 6.53. The maximum absolute atomic E-state index is 12.1. The molecule has 0 bridgehead atoms. The van der Waals surface area contributed by atoms with Crippen LogP contribution in [-0.2, 0) is 14.3 Å². The van der Waals surface area contributed by atoms with Crippen molar-refractivity contribution in [2.75, 3.05) is 6.61 Å². The van der Waals surface area contributed by atoms with E-state index >= 15 is 0 Å². The van der Waals surface area contributed by atoms with Crippen LogP contribution in [0.4, 0.5) is 0 Å². The van der Waals surface area contributed by atoms with Crippen LogP contribution in [0.25, 0.3) is 0 Å². The van der Waals surface area contributed by atoms with Crippen LogP contribution in [0.2, 0.25) is 0 Å². The predicted molar refractivity (Wildman–Crippen MR) is 61.4 cm³/mol. The molecule has 0 aromatic heterocycles. The standard InChI is InChI=1S/C13H11NO3/c1-2-7-3-4-8-9(5-7)14-13-11(12(8)16)10(15)6-17-13/h3-5,8H,2,6H2,1H3. The second kappa shape index (κ2) is 3.52. The van der Waals surface area contributed by atoms with Crippen LogP contribution in [0.15, 0.2) is 40.2 Å². The number of aliphatic imine (C=N–C) groups is 1. The highest BCUT2D eigenvalue weighted by Gasteiger charge is 2.39. The van der Waals surface area contributed by atoms with Crippen LogP contribution < -0.4 is 0 Å². The van der Waals surface area contributed by atoms with Crippen molar-refractivity contribution in [3.8, 4) is 0 Å². The monoisotopic (exact) mass is 229 g/mol. The molecule has 17 heavy (non-hydrogen) atoms. The summed E-state index contributed by atoms with van der Waals surface area (Å²) in [5.74, 6) is -0.649. The Kier molecular flexibility index (Phi) is 2.11. The maximum atomic E-state index is 12.1. The Hall–Kier alpha value is -1.97. The van der Waals surface area contributed by atoms with E-state index in [1.807, 2.05) is 25.2 Å². The first kappa shape index (κ1) is 10.2. The topological polar surface area (TPSA) is 55.7 Å². The largest absolute Gasteiger partial charge is 0.469 e. The molecule has 0 saturated heterocycles. The molecule has 0 radical (unpaired) electrons. The van der Waals surface area contributed by atoms with Gasteiger partial charge >= 0.3 is 0 Å². The van der Waals surface area contributed by atoms with Gasteiger partial charge in [-0.25, -0.2) is 4.99 Å². The van der Waals surface area contributed by atoms with Crippen molar-refractivity contribution in [2.45, 2.75) is 13.3 Å². The summed E-state index contributed by atoms with van der Waals surface area (Å²) in [5, 5.41) is 0. The molecule has 0 aromatic rings. The number of ketones is 2. The lowest BCUT2D eigenvalue weighted by molar-refractivity contribution is -0.121. The molecule has 0 amide bonds. The van der Waals surface area contributed by atoms with E-state index in [1.165, 1.54) is 0 Å². The Morgan fingerprint density at radius 1 is 1.47 bits per heavy atom. The summed E-state index contributed by atoms with van der Waals surface area (Å²) in [4.78, 5) is 27.9. The fraction of sp³-hybridized carbons (Fsp3) is 0.308. The summed E-state index contributed by atoms with van der Waals surface area (Å²) in [6, 6.07) is 0. The van der Waals surface area contributed by atoms with Gasteiger partial charge in [0.1, 0.15) is 5.57 Å². The third kappa shape index (κ3) is 1.40. The van der Waals surface area contributed by atoms with E-state index in [1.54, 1.807) is 0 Å². The van der Waals surface area contributed by atoms with Crippen molar-refractivity contribution in [2.24, 2.45) is 10.9 Å². The number of ether oxygens (including phenoxy) is 1. The molecule has 3 rings (SSSR count). The fourth-order valence-corrected chi connectivity index (χ4v) is 2.19. The van der Waals surface area contributed by atoms with E-state index in [-0.39, 0.29) is 29.6 Å². The molecule has 1 aliphatic carbocycles. The molecule has 0 saturated carbocycles. The Morgan fingerprint density at radius 3 is 3.06 bits per heavy atom. The van der Waals surface area contributed by atoms with Gasteiger partial charge in [-0.05, 0) is 18.1 Å². The van der Waals surface area contributed by atoms with E-state index in [0.29, 0.717) is 5.71 Å². The normalized spacial score (nSPS) is 26.3. The van der Waals surface area contributed by atoms with Crippen molar-refractivity contribution >= 4 is 17.3 Å². The second-order valence-corrected chi connectivity index (χ2v) is 4.20. The van der Waals surface area contributed by atoms with E-state index in [9.17, 15) is 9.59 Å². The minimum absolute atomic E-state index is 0.0615. The van der Waals surface area contributed by atoms with E-state index in [2.05, 4.69) is 4.99 Å². The lowest BCUT2D eigenvalue weighted by atomic mass is 9.85. The molecule has 1 unspecified atom stereocenters. The van der Waals surface area contributed by atoms with Gasteiger partial charge in [0.2, 0.25) is 11.7 Å². The summed E-state index contributed by atoms with van der Waals surface area (Å²) in [7, 11) is 0. The average Bonchev–Trinajstić information content (AvgIpc) is 2.70. The Bertz CT molecular complexity index is 549. The molecule has 0 N–H and O–H groups in total. The highest BCUT2D eigenvalue weighted by Crippen LogP contribution is 2.30. The Morgan fingerprint density at radius 2 is 2.29 bits per heavy atom.